The van der Waals surface area contributed by atoms with Gasteiger partial charge in [-0.1, -0.05) is 60.7 Å². The van der Waals surface area contributed by atoms with Gasteiger partial charge in [0.05, 0.1) is 22.9 Å². The Bertz CT molecular complexity index is 1360. The van der Waals surface area contributed by atoms with Crippen molar-refractivity contribution in [3.05, 3.63) is 101 Å². The van der Waals surface area contributed by atoms with E-state index in [0.29, 0.717) is 11.3 Å². The monoisotopic (exact) mass is 435 g/mol. The molecule has 162 valence electrons. The van der Waals surface area contributed by atoms with Crippen molar-refractivity contribution in [2.24, 2.45) is 11.8 Å². The lowest BCUT2D eigenvalue weighted by Crippen LogP contribution is -2.57. The van der Waals surface area contributed by atoms with E-state index in [1.54, 1.807) is 24.3 Å². The van der Waals surface area contributed by atoms with Gasteiger partial charge in [0.1, 0.15) is 5.78 Å². The van der Waals surface area contributed by atoms with Gasteiger partial charge in [-0.05, 0) is 48.2 Å². The summed E-state index contributed by atoms with van der Waals surface area (Å²) in [6.45, 7) is 2.97. The van der Waals surface area contributed by atoms with Crippen LogP contribution >= 0.6 is 0 Å². The van der Waals surface area contributed by atoms with Crippen LogP contribution in [0.25, 0.3) is 0 Å². The number of imide groups is 1. The molecule has 1 saturated heterocycles. The van der Waals surface area contributed by atoms with Crippen molar-refractivity contribution in [2.45, 2.75) is 25.2 Å². The van der Waals surface area contributed by atoms with Crippen LogP contribution in [0.1, 0.15) is 52.4 Å². The Morgan fingerprint density at radius 1 is 0.788 bits per heavy atom. The summed E-state index contributed by atoms with van der Waals surface area (Å²) >= 11 is 0. The van der Waals surface area contributed by atoms with E-state index in [2.05, 4.69) is 0 Å². The van der Waals surface area contributed by atoms with Gasteiger partial charge < -0.3 is 0 Å². The highest BCUT2D eigenvalue weighted by Gasteiger charge is 2.69. The van der Waals surface area contributed by atoms with Crippen molar-refractivity contribution in [1.82, 2.24) is 0 Å². The van der Waals surface area contributed by atoms with Crippen molar-refractivity contribution in [3.8, 4) is 0 Å². The van der Waals surface area contributed by atoms with Crippen molar-refractivity contribution in [3.63, 3.8) is 0 Å². The number of anilines is 1. The third kappa shape index (κ3) is 2.26. The van der Waals surface area contributed by atoms with E-state index in [-0.39, 0.29) is 29.3 Å². The second-order valence-corrected chi connectivity index (χ2v) is 9.14. The Morgan fingerprint density at radius 2 is 1.39 bits per heavy atom. The topological polar surface area (TPSA) is 71.5 Å². The summed E-state index contributed by atoms with van der Waals surface area (Å²) in [5, 5.41) is 0. The summed E-state index contributed by atoms with van der Waals surface area (Å²) in [7, 11) is 0. The molecule has 3 aromatic rings. The number of benzene rings is 3. The fraction of sp³-hybridized carbons (Fsp3) is 0.214. The smallest absolute Gasteiger partial charge is 0.239 e. The van der Waals surface area contributed by atoms with Crippen LogP contribution in [0.5, 0.6) is 0 Å². The molecule has 0 unspecified atom stereocenters. The van der Waals surface area contributed by atoms with Crippen molar-refractivity contribution in [2.75, 3.05) is 4.90 Å². The second-order valence-electron chi connectivity index (χ2n) is 9.14. The molecule has 2 bridgehead atoms. The molecule has 4 aliphatic rings. The number of nitrogens with zero attached hydrogens (tertiary/aromatic N) is 1. The Hall–Kier alpha value is -3.86. The average Bonchev–Trinajstić information content (AvgIpc) is 3.09. The predicted octanol–water partition coefficient (Wildman–Crippen LogP) is 4.03. The highest BCUT2D eigenvalue weighted by atomic mass is 16.2. The van der Waals surface area contributed by atoms with Gasteiger partial charge in [-0.3, -0.25) is 19.2 Å². The molecule has 33 heavy (non-hydrogen) atoms. The van der Waals surface area contributed by atoms with Gasteiger partial charge in [0.15, 0.2) is 5.78 Å². The van der Waals surface area contributed by atoms with E-state index in [9.17, 15) is 19.2 Å². The highest BCUT2D eigenvalue weighted by molar-refractivity contribution is 6.25. The molecule has 5 nitrogen and oxygen atoms in total. The predicted molar refractivity (Wildman–Crippen MR) is 122 cm³/mol. The first kappa shape index (κ1) is 19.8. The maximum Gasteiger partial charge on any atom is 0.239 e. The number of hydrogen-bond acceptors (Lipinski definition) is 4. The summed E-state index contributed by atoms with van der Waals surface area (Å²) in [6.07, 6.45) is 0. The van der Waals surface area contributed by atoms with Crippen LogP contribution in [-0.4, -0.2) is 23.4 Å². The van der Waals surface area contributed by atoms with Gasteiger partial charge in [0.2, 0.25) is 11.8 Å². The van der Waals surface area contributed by atoms with Crippen LogP contribution in [0.3, 0.4) is 0 Å². The quantitative estimate of drug-likeness (QED) is 0.460. The minimum Gasteiger partial charge on any atom is -0.299 e. The molecule has 7 rings (SSSR count). The highest BCUT2D eigenvalue weighted by Crippen LogP contribution is 2.64. The zero-order valence-electron chi connectivity index (χ0n) is 18.2. The van der Waals surface area contributed by atoms with E-state index in [0.717, 1.165) is 22.3 Å². The minimum atomic E-state index is -1.22. The largest absolute Gasteiger partial charge is 0.299 e. The molecule has 1 heterocycles. The molecule has 0 spiro atoms. The molecular weight excluding hydrogens is 414 g/mol. The first-order valence-corrected chi connectivity index (χ1v) is 11.1. The normalized spacial score (nSPS) is 26.6. The van der Waals surface area contributed by atoms with E-state index < -0.39 is 17.3 Å². The molecule has 3 aromatic carbocycles. The maximum absolute atomic E-state index is 14.0. The SMILES string of the molecule is CC(=O)c1cccc(N2C(=O)[C@@H]3C4c5ccccc5C(C(C)=O)(c5ccccc54)[C@H]3C2=O)c1. The van der Waals surface area contributed by atoms with Gasteiger partial charge in [0.25, 0.3) is 0 Å². The summed E-state index contributed by atoms with van der Waals surface area (Å²) < 4.78 is 0. The van der Waals surface area contributed by atoms with Crippen LogP contribution in [0.4, 0.5) is 5.69 Å². The standard InChI is InChI=1S/C28H21NO4/c1-15(30)17-8-7-9-18(14-17)29-26(32)24-23-19-10-3-5-12-21(19)28(16(2)31,25(24)27(29)33)22-13-6-4-11-20(22)23/h3-14,23-25H,1-2H3/t23?,24-,25-,28?/m1/s1. The zero-order valence-corrected chi connectivity index (χ0v) is 18.2. The first-order chi connectivity index (χ1) is 15.9. The fourth-order valence-electron chi connectivity index (χ4n) is 6.49. The van der Waals surface area contributed by atoms with Gasteiger partial charge >= 0.3 is 0 Å². The molecule has 2 atom stereocenters. The van der Waals surface area contributed by atoms with Gasteiger partial charge in [-0.2, -0.15) is 0 Å². The van der Waals surface area contributed by atoms with Crippen molar-refractivity contribution < 1.29 is 19.2 Å². The molecule has 1 fully saturated rings. The van der Waals surface area contributed by atoms with Crippen molar-refractivity contribution >= 4 is 29.1 Å². The molecule has 0 N–H and O–H groups in total. The molecule has 3 aliphatic carbocycles. The number of amides is 2. The van der Waals surface area contributed by atoms with E-state index >= 15 is 0 Å². The Morgan fingerprint density at radius 3 is 1.97 bits per heavy atom. The summed E-state index contributed by atoms with van der Waals surface area (Å²) in [5.41, 5.74) is 3.11. The number of carbonyl (C=O) groups is 4. The molecule has 0 radical (unpaired) electrons. The lowest BCUT2D eigenvalue weighted by Gasteiger charge is -2.52. The lowest BCUT2D eigenvalue weighted by molar-refractivity contribution is -0.132. The molecular formula is C28H21NO4. The number of ketones is 2. The fourth-order valence-corrected chi connectivity index (χ4v) is 6.49. The van der Waals surface area contributed by atoms with Crippen LogP contribution in [0.15, 0.2) is 72.8 Å². The summed E-state index contributed by atoms with van der Waals surface area (Å²) in [6, 6.07) is 22.0. The summed E-state index contributed by atoms with van der Waals surface area (Å²) in [4.78, 5) is 54.6. The van der Waals surface area contributed by atoms with E-state index in [4.69, 9.17) is 0 Å². The van der Waals surface area contributed by atoms with E-state index in [1.807, 2.05) is 48.5 Å². The average molecular weight is 435 g/mol. The zero-order chi connectivity index (χ0) is 23.1. The van der Waals surface area contributed by atoms with Crippen molar-refractivity contribution in [1.29, 1.82) is 0 Å². The van der Waals surface area contributed by atoms with Crippen LogP contribution in [0, 0.1) is 11.8 Å². The lowest BCUT2D eigenvalue weighted by atomic mass is 9.46. The second kappa shape index (κ2) is 6.58. The Labute approximate surface area is 191 Å². The van der Waals surface area contributed by atoms with Crippen LogP contribution < -0.4 is 4.90 Å². The molecule has 0 saturated carbocycles. The third-order valence-corrected chi connectivity index (χ3v) is 7.68. The van der Waals surface area contributed by atoms with Gasteiger partial charge in [-0.25, -0.2) is 4.90 Å². The molecule has 5 heteroatoms. The van der Waals surface area contributed by atoms with Crippen LogP contribution in [-0.2, 0) is 19.8 Å². The number of carbonyl (C=O) groups excluding carboxylic acids is 4. The van der Waals surface area contributed by atoms with Crippen LogP contribution in [0.2, 0.25) is 0 Å². The minimum absolute atomic E-state index is 0.143. The number of rotatable bonds is 3. The Kier molecular flexibility index (Phi) is 3.95. The maximum atomic E-state index is 14.0. The van der Waals surface area contributed by atoms with E-state index in [1.165, 1.54) is 18.7 Å². The third-order valence-electron chi connectivity index (χ3n) is 7.68. The molecule has 0 aromatic heterocycles. The van der Waals surface area contributed by atoms with Gasteiger partial charge in [-0.15, -0.1) is 0 Å². The number of hydrogen-bond donors (Lipinski definition) is 0. The molecule has 2 amide bonds. The Balaban J connectivity index is 1.64. The first-order valence-electron chi connectivity index (χ1n) is 11.1. The molecule has 1 aliphatic heterocycles. The summed E-state index contributed by atoms with van der Waals surface area (Å²) in [5.74, 6) is -2.78. The number of Topliss-reactive ketones (excluding diaryl/α,β-unsaturated/α-hetero) is 2. The van der Waals surface area contributed by atoms with Gasteiger partial charge in [0, 0.05) is 11.5 Å².